The number of hydrogen-bond donors (Lipinski definition) is 2. The van der Waals surface area contributed by atoms with Gasteiger partial charge in [-0.05, 0) is 25.0 Å². The summed E-state index contributed by atoms with van der Waals surface area (Å²) in [7, 11) is 0. The molecule has 1 heterocycles. The number of aliphatic hydroxyl groups is 1. The van der Waals surface area contributed by atoms with Crippen LogP contribution in [0.25, 0.3) is 0 Å². The fourth-order valence-electron chi connectivity index (χ4n) is 1.53. The van der Waals surface area contributed by atoms with Crippen molar-refractivity contribution >= 4 is 5.91 Å². The van der Waals surface area contributed by atoms with Crippen LogP contribution in [-0.4, -0.2) is 28.1 Å². The number of alkyl halides is 3. The summed E-state index contributed by atoms with van der Waals surface area (Å²) >= 11 is 0. The Morgan fingerprint density at radius 2 is 1.90 bits per heavy atom. The number of amides is 1. The van der Waals surface area contributed by atoms with Crippen molar-refractivity contribution in [3.8, 4) is 0 Å². The monoisotopic (exact) mass is 290 g/mol. The second-order valence-electron chi connectivity index (χ2n) is 4.54. The van der Waals surface area contributed by atoms with Gasteiger partial charge in [-0.25, -0.2) is 0 Å². The van der Waals surface area contributed by atoms with Gasteiger partial charge in [0, 0.05) is 12.7 Å². The minimum atomic E-state index is -4.48. The van der Waals surface area contributed by atoms with Crippen molar-refractivity contribution in [1.29, 1.82) is 0 Å². The summed E-state index contributed by atoms with van der Waals surface area (Å²) < 4.78 is 37.0. The molecule has 7 heteroatoms. The Balaban J connectivity index is 2.70. The normalized spacial score (nSPS) is 12.3. The summed E-state index contributed by atoms with van der Waals surface area (Å²) in [6.07, 6.45) is -2.94. The maximum Gasteiger partial charge on any atom is 0.417 e. The van der Waals surface area contributed by atoms with Gasteiger partial charge in [-0.1, -0.05) is 13.8 Å². The molecule has 0 aromatic carbocycles. The first kappa shape index (κ1) is 16.4. The van der Waals surface area contributed by atoms with Crippen LogP contribution in [0.1, 0.15) is 42.7 Å². The second-order valence-corrected chi connectivity index (χ2v) is 4.54. The highest BCUT2D eigenvalue weighted by Crippen LogP contribution is 2.28. The van der Waals surface area contributed by atoms with Gasteiger partial charge in [-0.2, -0.15) is 13.2 Å². The highest BCUT2D eigenvalue weighted by atomic mass is 19.4. The highest BCUT2D eigenvalue weighted by molar-refractivity contribution is 5.92. The van der Waals surface area contributed by atoms with Crippen LogP contribution in [0.15, 0.2) is 18.3 Å². The van der Waals surface area contributed by atoms with Crippen molar-refractivity contribution in [2.24, 2.45) is 0 Å². The third-order valence-corrected chi connectivity index (χ3v) is 3.22. The van der Waals surface area contributed by atoms with E-state index in [0.29, 0.717) is 19.0 Å². The van der Waals surface area contributed by atoms with Crippen LogP contribution in [0.3, 0.4) is 0 Å². The lowest BCUT2D eigenvalue weighted by Gasteiger charge is -2.25. The van der Waals surface area contributed by atoms with E-state index in [0.717, 1.165) is 12.1 Å². The fourth-order valence-corrected chi connectivity index (χ4v) is 1.53. The van der Waals surface area contributed by atoms with Gasteiger partial charge in [0.25, 0.3) is 5.91 Å². The summed E-state index contributed by atoms with van der Waals surface area (Å²) in [5.41, 5.74) is -2.04. The zero-order valence-corrected chi connectivity index (χ0v) is 11.3. The van der Waals surface area contributed by atoms with Crippen molar-refractivity contribution in [1.82, 2.24) is 10.3 Å². The Morgan fingerprint density at radius 3 is 2.30 bits per heavy atom. The molecule has 1 aromatic rings. The van der Waals surface area contributed by atoms with Crippen molar-refractivity contribution < 1.29 is 23.1 Å². The second kappa shape index (κ2) is 6.21. The molecule has 0 unspecified atom stereocenters. The van der Waals surface area contributed by atoms with E-state index >= 15 is 0 Å². The van der Waals surface area contributed by atoms with Gasteiger partial charge in [-0.3, -0.25) is 9.78 Å². The lowest BCUT2D eigenvalue weighted by Crippen LogP contribution is -2.42. The molecule has 0 radical (unpaired) electrons. The van der Waals surface area contributed by atoms with E-state index in [1.54, 1.807) is 13.8 Å². The Kier molecular flexibility index (Phi) is 5.10. The van der Waals surface area contributed by atoms with Gasteiger partial charge in [0.1, 0.15) is 5.69 Å². The van der Waals surface area contributed by atoms with Crippen molar-refractivity contribution in [2.75, 3.05) is 6.54 Å². The smallest absolute Gasteiger partial charge is 0.388 e. The summed E-state index contributed by atoms with van der Waals surface area (Å²) in [6.45, 7) is 3.60. The van der Waals surface area contributed by atoms with E-state index < -0.39 is 23.2 Å². The molecule has 2 N–H and O–H groups in total. The average molecular weight is 290 g/mol. The molecule has 4 nitrogen and oxygen atoms in total. The van der Waals surface area contributed by atoms with E-state index in [9.17, 15) is 23.1 Å². The van der Waals surface area contributed by atoms with E-state index in [1.165, 1.54) is 0 Å². The van der Waals surface area contributed by atoms with Gasteiger partial charge in [0.15, 0.2) is 0 Å². The van der Waals surface area contributed by atoms with Crippen molar-refractivity contribution in [2.45, 2.75) is 38.5 Å². The molecule has 1 aromatic heterocycles. The highest BCUT2D eigenvalue weighted by Gasteiger charge is 2.31. The summed E-state index contributed by atoms with van der Waals surface area (Å²) in [5.74, 6) is -0.612. The molecule has 0 saturated heterocycles. The standard InChI is InChI=1S/C13H17F3N2O2/c1-3-12(20,4-2)8-18-11(19)10-6-5-9(7-17-10)13(14,15)16/h5-7,20H,3-4,8H2,1-2H3,(H,18,19). The molecule has 112 valence electrons. The van der Waals surface area contributed by atoms with Crippen molar-refractivity contribution in [3.63, 3.8) is 0 Å². The minimum Gasteiger partial charge on any atom is -0.388 e. The molecule has 0 aliphatic rings. The SMILES string of the molecule is CCC(O)(CC)CNC(=O)c1ccc(C(F)(F)F)cn1. The average Bonchev–Trinajstić information content (AvgIpc) is 2.43. The van der Waals surface area contributed by atoms with E-state index in [1.807, 2.05) is 0 Å². The molecule has 0 fully saturated rings. The summed E-state index contributed by atoms with van der Waals surface area (Å²) in [4.78, 5) is 15.2. The van der Waals surface area contributed by atoms with Crippen LogP contribution in [-0.2, 0) is 6.18 Å². The van der Waals surface area contributed by atoms with Crippen LogP contribution in [0.4, 0.5) is 13.2 Å². The van der Waals surface area contributed by atoms with Crippen LogP contribution >= 0.6 is 0 Å². The van der Waals surface area contributed by atoms with E-state index in [-0.39, 0.29) is 12.2 Å². The van der Waals surface area contributed by atoms with Crippen molar-refractivity contribution in [3.05, 3.63) is 29.6 Å². The first-order valence-electron chi connectivity index (χ1n) is 6.25. The number of nitrogens with one attached hydrogen (secondary N) is 1. The van der Waals surface area contributed by atoms with Gasteiger partial charge >= 0.3 is 6.18 Å². The first-order valence-corrected chi connectivity index (χ1v) is 6.25. The molecule has 0 bridgehead atoms. The number of carbonyl (C=O) groups is 1. The Bertz CT molecular complexity index is 454. The number of hydrogen-bond acceptors (Lipinski definition) is 3. The third kappa shape index (κ3) is 4.19. The zero-order chi connectivity index (χ0) is 15.4. The summed E-state index contributed by atoms with van der Waals surface area (Å²) in [6, 6.07) is 1.81. The zero-order valence-electron chi connectivity index (χ0n) is 11.3. The maximum atomic E-state index is 12.3. The Hall–Kier alpha value is -1.63. The molecule has 0 spiro atoms. The number of carbonyl (C=O) groups excluding carboxylic acids is 1. The molecule has 1 amide bonds. The topological polar surface area (TPSA) is 62.2 Å². The van der Waals surface area contributed by atoms with Crippen LogP contribution < -0.4 is 5.32 Å². The minimum absolute atomic E-state index is 0.0293. The lowest BCUT2D eigenvalue weighted by atomic mass is 9.97. The van der Waals surface area contributed by atoms with Gasteiger partial charge in [0.05, 0.1) is 11.2 Å². The molecule has 0 atom stereocenters. The van der Waals surface area contributed by atoms with Crippen LogP contribution in [0.2, 0.25) is 0 Å². The van der Waals surface area contributed by atoms with Gasteiger partial charge in [0.2, 0.25) is 0 Å². The van der Waals surface area contributed by atoms with Gasteiger partial charge in [-0.15, -0.1) is 0 Å². The van der Waals surface area contributed by atoms with Crippen LogP contribution in [0.5, 0.6) is 0 Å². The summed E-state index contributed by atoms with van der Waals surface area (Å²) in [5, 5.41) is 12.5. The van der Waals surface area contributed by atoms with Crippen LogP contribution in [0, 0.1) is 0 Å². The Labute approximate surface area is 115 Å². The molecular weight excluding hydrogens is 273 g/mol. The number of aromatic nitrogens is 1. The molecule has 20 heavy (non-hydrogen) atoms. The number of halogens is 3. The first-order chi connectivity index (χ1) is 9.22. The lowest BCUT2D eigenvalue weighted by molar-refractivity contribution is -0.137. The largest absolute Gasteiger partial charge is 0.417 e. The Morgan fingerprint density at radius 1 is 1.30 bits per heavy atom. The fraction of sp³-hybridized carbons (Fsp3) is 0.538. The maximum absolute atomic E-state index is 12.3. The number of nitrogens with zero attached hydrogens (tertiary/aromatic N) is 1. The molecular formula is C13H17F3N2O2. The number of rotatable bonds is 5. The third-order valence-electron chi connectivity index (χ3n) is 3.22. The van der Waals surface area contributed by atoms with Gasteiger partial charge < -0.3 is 10.4 Å². The number of pyridine rings is 1. The predicted molar refractivity (Wildman–Crippen MR) is 67.1 cm³/mol. The van der Waals surface area contributed by atoms with E-state index in [4.69, 9.17) is 0 Å². The molecule has 0 aliphatic carbocycles. The molecule has 0 saturated carbocycles. The molecule has 1 rings (SSSR count). The quantitative estimate of drug-likeness (QED) is 0.875. The molecule has 0 aliphatic heterocycles. The predicted octanol–water partition coefficient (Wildman–Crippen LogP) is 2.38. The van der Waals surface area contributed by atoms with E-state index in [2.05, 4.69) is 10.3 Å².